The minimum absolute atomic E-state index is 0.0494. The summed E-state index contributed by atoms with van der Waals surface area (Å²) in [5, 5.41) is 14.7. The topological polar surface area (TPSA) is 117 Å². The molecule has 1 aromatic carbocycles. The summed E-state index contributed by atoms with van der Waals surface area (Å²) in [5.41, 5.74) is 0.723. The van der Waals surface area contributed by atoms with Crippen molar-refractivity contribution in [3.63, 3.8) is 0 Å². The van der Waals surface area contributed by atoms with Gasteiger partial charge in [-0.3, -0.25) is 9.59 Å². The molecule has 2 aliphatic carbocycles. The first kappa shape index (κ1) is 27.3. The van der Waals surface area contributed by atoms with Crippen LogP contribution in [0.1, 0.15) is 62.9 Å². The van der Waals surface area contributed by atoms with Crippen molar-refractivity contribution in [2.45, 2.75) is 69.8 Å². The van der Waals surface area contributed by atoms with Crippen LogP contribution < -0.4 is 5.32 Å². The highest BCUT2D eigenvalue weighted by Gasteiger charge is 2.54. The van der Waals surface area contributed by atoms with E-state index in [1.807, 2.05) is 11.8 Å². The molecule has 1 aromatic heterocycles. The molecule has 8 nitrogen and oxygen atoms in total. The van der Waals surface area contributed by atoms with Gasteiger partial charge in [-0.15, -0.1) is 11.3 Å². The third-order valence-corrected chi connectivity index (χ3v) is 11.7. The highest BCUT2D eigenvalue weighted by atomic mass is 32.2. The second-order valence-electron chi connectivity index (χ2n) is 11.6. The zero-order valence-electron chi connectivity index (χ0n) is 22.2. The predicted molar refractivity (Wildman–Crippen MR) is 147 cm³/mol. The van der Waals surface area contributed by atoms with Gasteiger partial charge in [-0.25, -0.2) is 13.4 Å². The highest BCUT2D eigenvalue weighted by molar-refractivity contribution is 7.92. The summed E-state index contributed by atoms with van der Waals surface area (Å²) >= 11 is 1.39. The molecule has 2 fully saturated rings. The van der Waals surface area contributed by atoms with Gasteiger partial charge in [0.05, 0.1) is 16.7 Å². The van der Waals surface area contributed by atoms with E-state index in [1.165, 1.54) is 23.5 Å². The maximum absolute atomic E-state index is 13.1. The number of hydrogen-bond acceptors (Lipinski definition) is 7. The molecule has 0 spiro atoms. The van der Waals surface area contributed by atoms with Crippen LogP contribution in [0.5, 0.6) is 0 Å². The fourth-order valence-electron chi connectivity index (χ4n) is 7.05. The number of aliphatic hydroxyl groups excluding tert-OH is 1. The number of aromatic nitrogens is 1. The summed E-state index contributed by atoms with van der Waals surface area (Å²) in [6.45, 7) is 7.88. The maximum atomic E-state index is 13.1. The van der Waals surface area contributed by atoms with E-state index >= 15 is 0 Å². The van der Waals surface area contributed by atoms with Crippen LogP contribution in [0, 0.1) is 23.2 Å². The lowest BCUT2D eigenvalue weighted by Gasteiger charge is -2.53. The molecule has 6 atom stereocenters. The largest absolute Gasteiger partial charge is 0.392 e. The molecule has 38 heavy (non-hydrogen) atoms. The van der Waals surface area contributed by atoms with Gasteiger partial charge in [0.2, 0.25) is 11.8 Å². The molecule has 2 amide bonds. The third kappa shape index (κ3) is 5.02. The molecular weight excluding hydrogens is 522 g/mol. The molecule has 2 N–H and O–H groups in total. The van der Waals surface area contributed by atoms with E-state index in [1.54, 1.807) is 18.2 Å². The molecule has 10 heteroatoms. The van der Waals surface area contributed by atoms with Gasteiger partial charge >= 0.3 is 0 Å². The Morgan fingerprint density at radius 2 is 1.92 bits per heavy atom. The van der Waals surface area contributed by atoms with Crippen molar-refractivity contribution < 1.29 is 23.1 Å². The van der Waals surface area contributed by atoms with Gasteiger partial charge in [0, 0.05) is 29.8 Å². The van der Waals surface area contributed by atoms with Crippen molar-refractivity contribution in [3.8, 4) is 0 Å². The van der Waals surface area contributed by atoms with Gasteiger partial charge in [-0.05, 0) is 61.5 Å². The van der Waals surface area contributed by atoms with Crippen LogP contribution in [-0.2, 0) is 25.8 Å². The average Bonchev–Trinajstić information content (AvgIpc) is 3.53. The number of hydrogen-bond donors (Lipinski definition) is 2. The smallest absolute Gasteiger partial charge is 0.241 e. The normalized spacial score (nSPS) is 29.8. The SMILES string of the molecule is C[C@H](C(=O)N1CCCC1)[C@H]1CC[C@]2(C)Cc3sc(NC(=O)CS(=O)(=O)c4ccccc4)nc3[C@@H](C)[C@@H]2[C@H]1O. The molecule has 1 saturated carbocycles. The third-order valence-electron chi connectivity index (χ3n) is 9.04. The van der Waals surface area contributed by atoms with Crippen molar-refractivity contribution in [3.05, 3.63) is 40.9 Å². The molecule has 1 saturated heterocycles. The summed E-state index contributed by atoms with van der Waals surface area (Å²) in [6, 6.07) is 7.94. The number of anilines is 1. The quantitative estimate of drug-likeness (QED) is 0.555. The minimum atomic E-state index is -3.75. The summed E-state index contributed by atoms with van der Waals surface area (Å²) in [6.07, 6.45) is 3.94. The van der Waals surface area contributed by atoms with Crippen LogP contribution >= 0.6 is 11.3 Å². The average molecular weight is 560 g/mol. The van der Waals surface area contributed by atoms with Gasteiger partial charge < -0.3 is 15.3 Å². The molecule has 0 radical (unpaired) electrons. The lowest BCUT2D eigenvalue weighted by Crippen LogP contribution is -2.53. The van der Waals surface area contributed by atoms with Crippen molar-refractivity contribution in [2.75, 3.05) is 24.2 Å². The molecular formula is C28H37N3O5S2. The summed E-state index contributed by atoms with van der Waals surface area (Å²) < 4.78 is 25.2. The number of likely N-dealkylation sites (tertiary alicyclic amines) is 1. The Kier molecular flexibility index (Phi) is 7.43. The van der Waals surface area contributed by atoms with E-state index in [9.17, 15) is 23.1 Å². The molecule has 2 aromatic rings. The van der Waals surface area contributed by atoms with E-state index in [-0.39, 0.29) is 39.9 Å². The van der Waals surface area contributed by atoms with E-state index in [0.29, 0.717) is 5.13 Å². The second kappa shape index (κ2) is 10.4. The lowest BCUT2D eigenvalue weighted by atomic mass is 9.53. The molecule has 0 bridgehead atoms. The van der Waals surface area contributed by atoms with Crippen molar-refractivity contribution >= 4 is 38.1 Å². The van der Waals surface area contributed by atoms with E-state index in [4.69, 9.17) is 4.98 Å². The number of carbonyl (C=O) groups is 2. The first-order valence-corrected chi connectivity index (χ1v) is 16.0. The number of rotatable bonds is 6. The maximum Gasteiger partial charge on any atom is 0.241 e. The van der Waals surface area contributed by atoms with Crippen LogP contribution in [0.2, 0.25) is 0 Å². The van der Waals surface area contributed by atoms with Crippen LogP contribution in [0.4, 0.5) is 5.13 Å². The molecule has 206 valence electrons. The number of fused-ring (bicyclic) bond motifs is 2. The van der Waals surface area contributed by atoms with Gasteiger partial charge in [0.1, 0.15) is 5.75 Å². The highest BCUT2D eigenvalue weighted by Crippen LogP contribution is 2.57. The monoisotopic (exact) mass is 559 g/mol. The first-order valence-electron chi connectivity index (χ1n) is 13.5. The summed E-state index contributed by atoms with van der Waals surface area (Å²) in [4.78, 5) is 33.6. The Bertz CT molecular complexity index is 1300. The number of thiazole rings is 1. The Morgan fingerprint density at radius 3 is 2.61 bits per heavy atom. The van der Waals surface area contributed by atoms with Crippen LogP contribution in [-0.4, -0.2) is 60.2 Å². The molecule has 2 heterocycles. The fraction of sp³-hybridized carbons (Fsp3) is 0.607. The lowest BCUT2D eigenvalue weighted by molar-refractivity contribution is -0.143. The number of carbonyl (C=O) groups excluding carboxylic acids is 2. The van der Waals surface area contributed by atoms with Gasteiger partial charge in [-0.2, -0.15) is 0 Å². The van der Waals surface area contributed by atoms with Crippen molar-refractivity contribution in [1.29, 1.82) is 0 Å². The number of aliphatic hydroxyl groups is 1. The molecule has 5 rings (SSSR count). The van der Waals surface area contributed by atoms with Crippen LogP contribution in [0.3, 0.4) is 0 Å². The first-order chi connectivity index (χ1) is 18.0. The van der Waals surface area contributed by atoms with Crippen LogP contribution in [0.25, 0.3) is 0 Å². The second-order valence-corrected chi connectivity index (χ2v) is 14.7. The Labute approximate surface area is 228 Å². The Hall–Kier alpha value is -2.30. The van der Waals surface area contributed by atoms with E-state index in [0.717, 1.165) is 55.8 Å². The summed E-state index contributed by atoms with van der Waals surface area (Å²) in [5.74, 6) is -1.53. The predicted octanol–water partition coefficient (Wildman–Crippen LogP) is 3.87. The zero-order valence-corrected chi connectivity index (χ0v) is 23.9. The molecule has 0 unspecified atom stereocenters. The van der Waals surface area contributed by atoms with Crippen molar-refractivity contribution in [2.24, 2.45) is 23.2 Å². The van der Waals surface area contributed by atoms with E-state index in [2.05, 4.69) is 19.2 Å². The number of amides is 2. The zero-order chi connectivity index (χ0) is 27.2. The molecule has 1 aliphatic heterocycles. The van der Waals surface area contributed by atoms with Crippen LogP contribution in [0.15, 0.2) is 35.2 Å². The number of benzene rings is 1. The van der Waals surface area contributed by atoms with Gasteiger partial charge in [-0.1, -0.05) is 39.0 Å². The number of sulfone groups is 1. The fourth-order valence-corrected chi connectivity index (χ4v) is 9.48. The summed E-state index contributed by atoms with van der Waals surface area (Å²) in [7, 11) is -3.75. The van der Waals surface area contributed by atoms with Gasteiger partial charge in [0.15, 0.2) is 15.0 Å². The number of nitrogens with zero attached hydrogens (tertiary/aromatic N) is 2. The Balaban J connectivity index is 1.31. The van der Waals surface area contributed by atoms with Crippen molar-refractivity contribution in [1.82, 2.24) is 9.88 Å². The molecule has 3 aliphatic rings. The standard InChI is InChI=1S/C28H37N3O5S2/c1-17(26(34)31-13-7-8-14-31)20-11-12-28(3)15-21-24(18(2)23(28)25(20)33)30-27(37-21)29-22(32)16-38(35,36)19-9-5-4-6-10-19/h4-6,9-10,17-18,20,23,25,33H,7-8,11-16H2,1-3H3,(H,29,30,32)/t17-,18-,20+,23+,25-,28+/m0/s1. The van der Waals surface area contributed by atoms with Gasteiger partial charge in [0.25, 0.3) is 0 Å². The minimum Gasteiger partial charge on any atom is -0.392 e. The van der Waals surface area contributed by atoms with E-state index < -0.39 is 27.6 Å². The Morgan fingerprint density at radius 1 is 1.24 bits per heavy atom. The number of nitrogens with one attached hydrogen (secondary N) is 1.